The summed E-state index contributed by atoms with van der Waals surface area (Å²) in [6.45, 7) is 6.01. The third-order valence-corrected chi connectivity index (χ3v) is 6.69. The van der Waals surface area contributed by atoms with E-state index in [1.165, 1.54) is 11.3 Å². The van der Waals surface area contributed by atoms with Crippen LogP contribution in [0.15, 0.2) is 63.5 Å². The number of hydrogen-bond donors (Lipinski definition) is 0. The summed E-state index contributed by atoms with van der Waals surface area (Å²) in [7, 11) is 3.16. The summed E-state index contributed by atoms with van der Waals surface area (Å²) in [4.78, 5) is 31.9. The Labute approximate surface area is 212 Å². The highest BCUT2D eigenvalue weighted by molar-refractivity contribution is 7.07. The number of nitrogens with zero attached hydrogens (tertiary/aromatic N) is 2. The van der Waals surface area contributed by atoms with Crippen molar-refractivity contribution in [1.29, 1.82) is 0 Å². The molecule has 9 heteroatoms. The molecule has 0 spiro atoms. The molecule has 8 nitrogen and oxygen atoms in total. The number of carbonyl (C=O) groups is 1. The van der Waals surface area contributed by atoms with Crippen molar-refractivity contribution in [3.05, 3.63) is 84.5 Å². The Bertz CT molecular complexity index is 1500. The van der Waals surface area contributed by atoms with Gasteiger partial charge in [0.15, 0.2) is 16.3 Å². The highest BCUT2D eigenvalue weighted by Gasteiger charge is 2.34. The van der Waals surface area contributed by atoms with Gasteiger partial charge in [0.25, 0.3) is 5.56 Å². The van der Waals surface area contributed by atoms with E-state index in [1.807, 2.05) is 37.3 Å². The topological polar surface area (TPSA) is 88.4 Å². The zero-order valence-corrected chi connectivity index (χ0v) is 21.7. The van der Waals surface area contributed by atoms with E-state index in [4.69, 9.17) is 18.9 Å². The Morgan fingerprint density at radius 3 is 2.58 bits per heavy atom. The van der Waals surface area contributed by atoms with Gasteiger partial charge in [0, 0.05) is 0 Å². The molecule has 0 saturated heterocycles. The van der Waals surface area contributed by atoms with Gasteiger partial charge in [-0.15, -0.1) is 0 Å². The molecule has 1 aliphatic rings. The van der Waals surface area contributed by atoms with Gasteiger partial charge in [-0.1, -0.05) is 29.5 Å². The van der Waals surface area contributed by atoms with Gasteiger partial charge in [0.05, 0.1) is 49.3 Å². The van der Waals surface area contributed by atoms with Gasteiger partial charge in [0.1, 0.15) is 5.75 Å². The van der Waals surface area contributed by atoms with E-state index in [0.717, 1.165) is 5.56 Å². The fourth-order valence-corrected chi connectivity index (χ4v) is 5.17. The molecule has 1 aliphatic heterocycles. The number of fused-ring (bicyclic) bond motifs is 1. The van der Waals surface area contributed by atoms with Crippen molar-refractivity contribution < 1.29 is 23.7 Å². The predicted octanol–water partition coefficient (Wildman–Crippen LogP) is 3.21. The maximum atomic E-state index is 13.7. The minimum absolute atomic E-state index is 0.204. The smallest absolute Gasteiger partial charge is 0.338 e. The number of ether oxygens (including phenoxy) is 4. The quantitative estimate of drug-likeness (QED) is 0.434. The highest BCUT2D eigenvalue weighted by Crippen LogP contribution is 2.36. The van der Waals surface area contributed by atoms with Gasteiger partial charge >= 0.3 is 5.97 Å². The average molecular weight is 509 g/mol. The minimum atomic E-state index is -0.738. The maximum Gasteiger partial charge on any atom is 0.338 e. The summed E-state index contributed by atoms with van der Waals surface area (Å²) in [5.41, 5.74) is 2.06. The van der Waals surface area contributed by atoms with Crippen LogP contribution in [0.3, 0.4) is 0 Å². The van der Waals surface area contributed by atoms with Crippen LogP contribution in [0.1, 0.15) is 37.9 Å². The maximum absolute atomic E-state index is 13.7. The van der Waals surface area contributed by atoms with Crippen molar-refractivity contribution in [1.82, 2.24) is 4.57 Å². The second-order valence-corrected chi connectivity index (χ2v) is 8.93. The Morgan fingerprint density at radius 2 is 1.89 bits per heavy atom. The van der Waals surface area contributed by atoms with Crippen LogP contribution in [0.4, 0.5) is 0 Å². The van der Waals surface area contributed by atoms with Crippen molar-refractivity contribution in [2.75, 3.05) is 27.4 Å². The molecule has 2 aromatic carbocycles. The summed E-state index contributed by atoms with van der Waals surface area (Å²) in [5.74, 6) is 1.26. The molecule has 0 amide bonds. The molecule has 1 unspecified atom stereocenters. The standard InChI is InChI=1S/C27H28N2O6S/c1-6-34-21-15-18(11-12-20(21)33-5)24-23(26(31)35-7-2)16(3)28-27-29(24)25(30)22(36-27)14-17-9-8-10-19(13-17)32-4/h8-15,24H,6-7H2,1-5H3. The molecule has 4 rings (SSSR count). The molecule has 3 aromatic rings. The van der Waals surface area contributed by atoms with Crippen molar-refractivity contribution in [3.8, 4) is 17.2 Å². The number of methoxy groups -OCH3 is 2. The molecule has 0 saturated carbocycles. The third-order valence-electron chi connectivity index (χ3n) is 5.71. The van der Waals surface area contributed by atoms with Crippen LogP contribution in [0.2, 0.25) is 0 Å². The lowest BCUT2D eigenvalue weighted by Crippen LogP contribution is -2.40. The van der Waals surface area contributed by atoms with Gasteiger partial charge in [-0.05, 0) is 62.2 Å². The number of benzene rings is 2. The summed E-state index contributed by atoms with van der Waals surface area (Å²) >= 11 is 1.27. The number of allylic oxidation sites excluding steroid dienone is 1. The lowest BCUT2D eigenvalue weighted by Gasteiger charge is -2.25. The Kier molecular flexibility index (Phi) is 7.59. The van der Waals surface area contributed by atoms with Crippen LogP contribution in [-0.2, 0) is 9.53 Å². The summed E-state index contributed by atoms with van der Waals surface area (Å²) in [6, 6.07) is 12.1. The van der Waals surface area contributed by atoms with Crippen LogP contribution in [0.25, 0.3) is 6.08 Å². The zero-order valence-electron chi connectivity index (χ0n) is 20.9. The van der Waals surface area contributed by atoms with Crippen LogP contribution in [0, 0.1) is 0 Å². The normalized spacial score (nSPS) is 15.2. The molecular formula is C27H28N2O6S. The highest BCUT2D eigenvalue weighted by atomic mass is 32.1. The summed E-state index contributed by atoms with van der Waals surface area (Å²) in [5, 5.41) is 0. The van der Waals surface area contributed by atoms with Gasteiger partial charge in [-0.25, -0.2) is 9.79 Å². The molecule has 2 heterocycles. The molecule has 1 atom stereocenters. The molecule has 188 valence electrons. The number of aromatic nitrogens is 1. The van der Waals surface area contributed by atoms with Crippen LogP contribution >= 0.6 is 11.3 Å². The zero-order chi connectivity index (χ0) is 25.8. The lowest BCUT2D eigenvalue weighted by molar-refractivity contribution is -0.139. The number of hydrogen-bond acceptors (Lipinski definition) is 8. The minimum Gasteiger partial charge on any atom is -0.497 e. The first-order chi connectivity index (χ1) is 17.4. The Morgan fingerprint density at radius 1 is 1.08 bits per heavy atom. The van der Waals surface area contributed by atoms with Crippen LogP contribution < -0.4 is 29.1 Å². The number of rotatable bonds is 8. The third kappa shape index (κ3) is 4.79. The van der Waals surface area contributed by atoms with Crippen molar-refractivity contribution in [2.24, 2.45) is 4.99 Å². The summed E-state index contributed by atoms with van der Waals surface area (Å²) in [6.07, 6.45) is 1.80. The van der Waals surface area contributed by atoms with Crippen molar-refractivity contribution >= 4 is 23.4 Å². The van der Waals surface area contributed by atoms with E-state index in [-0.39, 0.29) is 12.2 Å². The van der Waals surface area contributed by atoms with Gasteiger partial charge in [-0.2, -0.15) is 0 Å². The Hall–Kier alpha value is -3.85. The van der Waals surface area contributed by atoms with Crippen LogP contribution in [-0.4, -0.2) is 38.0 Å². The largest absolute Gasteiger partial charge is 0.497 e. The average Bonchev–Trinajstić information content (AvgIpc) is 3.17. The first kappa shape index (κ1) is 25.2. The molecular weight excluding hydrogens is 480 g/mol. The summed E-state index contributed by atoms with van der Waals surface area (Å²) < 4.78 is 23.9. The molecule has 0 N–H and O–H groups in total. The molecule has 0 bridgehead atoms. The molecule has 36 heavy (non-hydrogen) atoms. The fourth-order valence-electron chi connectivity index (χ4n) is 4.12. The van der Waals surface area contributed by atoms with E-state index in [1.54, 1.807) is 50.8 Å². The van der Waals surface area contributed by atoms with E-state index in [2.05, 4.69) is 4.99 Å². The lowest BCUT2D eigenvalue weighted by atomic mass is 9.95. The van der Waals surface area contributed by atoms with E-state index in [9.17, 15) is 9.59 Å². The van der Waals surface area contributed by atoms with E-state index >= 15 is 0 Å². The van der Waals surface area contributed by atoms with Crippen molar-refractivity contribution in [3.63, 3.8) is 0 Å². The predicted molar refractivity (Wildman–Crippen MR) is 138 cm³/mol. The first-order valence-electron chi connectivity index (χ1n) is 11.6. The van der Waals surface area contributed by atoms with E-state index in [0.29, 0.717) is 50.0 Å². The molecule has 0 radical (unpaired) electrons. The SMILES string of the molecule is CCOC(=O)C1=C(C)N=c2sc(=Cc3cccc(OC)c3)c(=O)n2C1c1ccc(OC)c(OCC)c1. The molecule has 1 aromatic heterocycles. The van der Waals surface area contributed by atoms with Crippen molar-refractivity contribution in [2.45, 2.75) is 26.8 Å². The monoisotopic (exact) mass is 508 g/mol. The van der Waals surface area contributed by atoms with E-state index < -0.39 is 12.0 Å². The van der Waals surface area contributed by atoms with Gasteiger partial charge in [0.2, 0.25) is 0 Å². The number of thiazole rings is 1. The van der Waals surface area contributed by atoms with Gasteiger partial charge in [-0.3, -0.25) is 9.36 Å². The Balaban J connectivity index is 1.95. The number of esters is 1. The second-order valence-electron chi connectivity index (χ2n) is 7.92. The first-order valence-corrected chi connectivity index (χ1v) is 12.4. The fraction of sp³-hybridized carbons (Fsp3) is 0.296. The second kappa shape index (κ2) is 10.8. The van der Waals surface area contributed by atoms with Crippen LogP contribution in [0.5, 0.6) is 17.2 Å². The molecule has 0 aliphatic carbocycles. The molecule has 0 fully saturated rings. The van der Waals surface area contributed by atoms with Gasteiger partial charge < -0.3 is 18.9 Å². The number of carbonyl (C=O) groups excluding carboxylic acids is 1.